The molecule has 122 valence electrons. The Bertz CT molecular complexity index is 667. The third kappa shape index (κ3) is 2.61. The number of hydrogen-bond acceptors (Lipinski definition) is 2. The first kappa shape index (κ1) is 14.9. The first-order valence-corrected chi connectivity index (χ1v) is 8.93. The van der Waals surface area contributed by atoms with Crippen molar-refractivity contribution < 1.29 is 0 Å². The molecule has 1 atom stereocenters. The molecule has 2 aliphatic rings. The molecule has 1 aliphatic carbocycles. The average molecular weight is 309 g/mol. The van der Waals surface area contributed by atoms with Gasteiger partial charge in [-0.3, -0.25) is 9.58 Å². The second-order valence-corrected chi connectivity index (χ2v) is 7.58. The van der Waals surface area contributed by atoms with E-state index in [1.807, 2.05) is 17.9 Å². The monoisotopic (exact) mass is 309 g/mol. The molecule has 1 aromatic heterocycles. The molecule has 23 heavy (non-hydrogen) atoms. The molecule has 1 saturated heterocycles. The van der Waals surface area contributed by atoms with Crippen LogP contribution < -0.4 is 0 Å². The molecule has 0 amide bonds. The van der Waals surface area contributed by atoms with Crippen LogP contribution in [0.4, 0.5) is 0 Å². The van der Waals surface area contributed by atoms with Crippen LogP contribution in [0.3, 0.4) is 0 Å². The van der Waals surface area contributed by atoms with Crippen molar-refractivity contribution in [2.75, 3.05) is 13.1 Å². The van der Waals surface area contributed by atoms with Crippen molar-refractivity contribution in [2.45, 2.75) is 45.1 Å². The molecule has 0 radical (unpaired) electrons. The lowest BCUT2D eigenvalue weighted by molar-refractivity contribution is 0.247. The molecule has 2 aromatic rings. The minimum atomic E-state index is 0.511. The van der Waals surface area contributed by atoms with Gasteiger partial charge in [0.2, 0.25) is 0 Å². The van der Waals surface area contributed by atoms with Gasteiger partial charge in [0.25, 0.3) is 0 Å². The maximum atomic E-state index is 4.41. The van der Waals surface area contributed by atoms with Crippen LogP contribution in [0.2, 0.25) is 0 Å². The minimum Gasteiger partial charge on any atom is -0.298 e. The van der Waals surface area contributed by atoms with Gasteiger partial charge in [-0.2, -0.15) is 5.10 Å². The number of benzene rings is 1. The van der Waals surface area contributed by atoms with E-state index in [1.165, 1.54) is 50.0 Å². The van der Waals surface area contributed by atoms with Gasteiger partial charge in [-0.25, -0.2) is 0 Å². The van der Waals surface area contributed by atoms with Gasteiger partial charge in [-0.05, 0) is 30.7 Å². The number of rotatable bonds is 3. The van der Waals surface area contributed by atoms with E-state index in [0.29, 0.717) is 11.3 Å². The highest BCUT2D eigenvalue weighted by atomic mass is 15.3. The number of aryl methyl sites for hydroxylation is 1. The minimum absolute atomic E-state index is 0.511. The lowest BCUT2D eigenvalue weighted by Crippen LogP contribution is -2.26. The van der Waals surface area contributed by atoms with E-state index >= 15 is 0 Å². The number of nitrogens with zero attached hydrogens (tertiary/aromatic N) is 3. The Morgan fingerprint density at radius 2 is 1.91 bits per heavy atom. The molecular formula is C20H27N3. The molecule has 0 unspecified atom stereocenters. The molecule has 4 rings (SSSR count). The molecule has 3 heteroatoms. The summed E-state index contributed by atoms with van der Waals surface area (Å²) in [6.45, 7) is 5.67. The predicted molar refractivity (Wildman–Crippen MR) is 93.3 cm³/mol. The van der Waals surface area contributed by atoms with E-state index < -0.39 is 0 Å². The summed E-state index contributed by atoms with van der Waals surface area (Å²) < 4.78 is 1.99. The maximum absolute atomic E-state index is 4.41. The van der Waals surface area contributed by atoms with Crippen LogP contribution in [0, 0.1) is 12.3 Å². The van der Waals surface area contributed by atoms with Gasteiger partial charge < -0.3 is 0 Å². The molecule has 3 nitrogen and oxygen atoms in total. The fourth-order valence-electron chi connectivity index (χ4n) is 4.86. The zero-order valence-electron chi connectivity index (χ0n) is 14.3. The van der Waals surface area contributed by atoms with Gasteiger partial charge in [0.15, 0.2) is 0 Å². The van der Waals surface area contributed by atoms with Gasteiger partial charge >= 0.3 is 0 Å². The second kappa shape index (κ2) is 5.79. The Morgan fingerprint density at radius 3 is 2.57 bits per heavy atom. The van der Waals surface area contributed by atoms with Crippen LogP contribution in [0.25, 0.3) is 0 Å². The maximum Gasteiger partial charge on any atom is 0.0537 e. The highest BCUT2D eigenvalue weighted by Crippen LogP contribution is 2.53. The van der Waals surface area contributed by atoms with Crippen LogP contribution in [0.1, 0.15) is 48.4 Å². The number of aromatic nitrogens is 2. The smallest absolute Gasteiger partial charge is 0.0537 e. The largest absolute Gasteiger partial charge is 0.298 e. The third-order valence-corrected chi connectivity index (χ3v) is 6.25. The summed E-state index contributed by atoms with van der Waals surface area (Å²) in [6.07, 6.45) is 7.66. The molecular weight excluding hydrogens is 282 g/mol. The van der Waals surface area contributed by atoms with Crippen LogP contribution >= 0.6 is 0 Å². The number of likely N-dealkylation sites (tertiary alicyclic amines) is 1. The summed E-state index contributed by atoms with van der Waals surface area (Å²) in [4.78, 5) is 2.67. The van der Waals surface area contributed by atoms with E-state index in [0.717, 1.165) is 6.54 Å². The van der Waals surface area contributed by atoms with Crippen LogP contribution in [-0.4, -0.2) is 27.8 Å². The first-order valence-electron chi connectivity index (χ1n) is 8.93. The molecule has 0 N–H and O–H groups in total. The third-order valence-electron chi connectivity index (χ3n) is 6.25. The molecule has 1 spiro atoms. The Labute approximate surface area is 139 Å². The Hall–Kier alpha value is -1.61. The van der Waals surface area contributed by atoms with Gasteiger partial charge in [-0.1, -0.05) is 43.2 Å². The van der Waals surface area contributed by atoms with E-state index in [1.54, 1.807) is 5.56 Å². The fraction of sp³-hybridized carbons (Fsp3) is 0.550. The van der Waals surface area contributed by atoms with E-state index in [-0.39, 0.29) is 0 Å². The van der Waals surface area contributed by atoms with E-state index in [9.17, 15) is 0 Å². The van der Waals surface area contributed by atoms with Crippen molar-refractivity contribution in [2.24, 2.45) is 12.5 Å². The summed E-state index contributed by atoms with van der Waals surface area (Å²) >= 11 is 0. The van der Waals surface area contributed by atoms with Crippen molar-refractivity contribution in [3.63, 3.8) is 0 Å². The van der Waals surface area contributed by atoms with E-state index in [2.05, 4.69) is 47.3 Å². The summed E-state index contributed by atoms with van der Waals surface area (Å²) in [7, 11) is 2.04. The van der Waals surface area contributed by atoms with Crippen molar-refractivity contribution in [3.05, 3.63) is 53.3 Å². The lowest BCUT2D eigenvalue weighted by Gasteiger charge is -2.30. The second-order valence-electron chi connectivity index (χ2n) is 7.58. The van der Waals surface area contributed by atoms with E-state index in [4.69, 9.17) is 0 Å². The van der Waals surface area contributed by atoms with Gasteiger partial charge in [-0.15, -0.1) is 0 Å². The topological polar surface area (TPSA) is 21.1 Å². The normalized spacial score (nSPS) is 23.8. The van der Waals surface area contributed by atoms with Gasteiger partial charge in [0, 0.05) is 43.9 Å². The molecule has 0 bridgehead atoms. The fourth-order valence-corrected chi connectivity index (χ4v) is 4.86. The zero-order valence-corrected chi connectivity index (χ0v) is 14.3. The Kier molecular flexibility index (Phi) is 3.76. The Morgan fingerprint density at radius 1 is 1.17 bits per heavy atom. The summed E-state index contributed by atoms with van der Waals surface area (Å²) in [5.74, 6) is 0.697. The highest BCUT2D eigenvalue weighted by Gasteiger charge is 2.48. The highest BCUT2D eigenvalue weighted by molar-refractivity contribution is 5.26. The molecule has 1 aromatic carbocycles. The zero-order chi connectivity index (χ0) is 15.9. The summed E-state index contributed by atoms with van der Waals surface area (Å²) in [6, 6.07) is 11.2. The van der Waals surface area contributed by atoms with Crippen molar-refractivity contribution in [1.82, 2.24) is 14.7 Å². The summed E-state index contributed by atoms with van der Waals surface area (Å²) in [5, 5.41) is 4.41. The Balaban J connectivity index is 1.59. The van der Waals surface area contributed by atoms with Crippen molar-refractivity contribution >= 4 is 0 Å². The lowest BCUT2D eigenvalue weighted by atomic mass is 9.73. The molecule has 1 aliphatic heterocycles. The predicted octanol–water partition coefficient (Wildman–Crippen LogP) is 3.89. The number of hydrogen-bond donors (Lipinski definition) is 0. The van der Waals surface area contributed by atoms with Crippen molar-refractivity contribution in [3.8, 4) is 0 Å². The standard InChI is InChI=1S/C20H27N3/c1-16-18(12-21-22(16)2)13-23-14-19(17-8-4-3-5-9-17)20(15-23)10-6-7-11-20/h3-5,8-9,12,19H,6-7,10-11,13-15H2,1-2H3/t19-/m1/s1. The van der Waals surface area contributed by atoms with Gasteiger partial charge in [0.1, 0.15) is 0 Å². The van der Waals surface area contributed by atoms with Crippen LogP contribution in [-0.2, 0) is 13.6 Å². The quantitative estimate of drug-likeness (QED) is 0.857. The van der Waals surface area contributed by atoms with Gasteiger partial charge in [0.05, 0.1) is 6.20 Å². The summed E-state index contributed by atoms with van der Waals surface area (Å²) in [5.41, 5.74) is 4.74. The van der Waals surface area contributed by atoms with Crippen LogP contribution in [0.5, 0.6) is 0 Å². The molecule has 2 fully saturated rings. The SMILES string of the molecule is Cc1c(CN2C[C@H](c3ccccc3)C3(CCCC3)C2)cnn1C. The first-order chi connectivity index (χ1) is 11.2. The average Bonchev–Trinajstić information content (AvgIpc) is 3.26. The van der Waals surface area contributed by atoms with Crippen molar-refractivity contribution in [1.29, 1.82) is 0 Å². The molecule has 1 saturated carbocycles. The molecule has 2 heterocycles. The van der Waals surface area contributed by atoms with Crippen LogP contribution in [0.15, 0.2) is 36.5 Å².